The number of benzene rings is 2. The molecule has 5 heteroatoms. The number of carbonyl (C=O) groups is 1. The molecule has 0 atom stereocenters. The molecule has 0 aliphatic heterocycles. The third kappa shape index (κ3) is 5.62. The fourth-order valence-corrected chi connectivity index (χ4v) is 2.14. The smallest absolute Gasteiger partial charge is 0.315 e. The van der Waals surface area contributed by atoms with Crippen LogP contribution in [0.4, 0.5) is 9.18 Å². The molecular weight excluding hydrogens is 295 g/mol. The van der Waals surface area contributed by atoms with Crippen LogP contribution in [0, 0.1) is 5.82 Å². The molecule has 0 bridgehead atoms. The number of carbonyl (C=O) groups excluding carboxylic acids is 1. The van der Waals surface area contributed by atoms with E-state index < -0.39 is 5.82 Å². The van der Waals surface area contributed by atoms with E-state index in [9.17, 15) is 9.18 Å². The van der Waals surface area contributed by atoms with Gasteiger partial charge in [-0.15, -0.1) is 0 Å². The van der Waals surface area contributed by atoms with Gasteiger partial charge in [-0.1, -0.05) is 36.4 Å². The Morgan fingerprint density at radius 2 is 1.87 bits per heavy atom. The normalized spacial score (nSPS) is 10.2. The second-order valence-electron chi connectivity index (χ2n) is 5.04. The second kappa shape index (κ2) is 8.78. The Hall–Kier alpha value is -2.56. The van der Waals surface area contributed by atoms with Crippen LogP contribution in [0.25, 0.3) is 0 Å². The molecule has 0 aromatic heterocycles. The Bertz CT molecular complexity index is 632. The SMILES string of the molecule is CCOc1ccc(CNC(=O)NCCc2ccccc2)cc1F. The highest BCUT2D eigenvalue weighted by molar-refractivity contribution is 5.73. The van der Waals surface area contributed by atoms with E-state index in [0.29, 0.717) is 18.7 Å². The predicted octanol–water partition coefficient (Wildman–Crippen LogP) is 3.27. The van der Waals surface area contributed by atoms with E-state index in [2.05, 4.69) is 10.6 Å². The van der Waals surface area contributed by atoms with Crippen molar-refractivity contribution >= 4 is 6.03 Å². The molecule has 0 fully saturated rings. The second-order valence-corrected chi connectivity index (χ2v) is 5.04. The van der Waals surface area contributed by atoms with Crippen LogP contribution in [0.2, 0.25) is 0 Å². The van der Waals surface area contributed by atoms with E-state index in [0.717, 1.165) is 6.42 Å². The van der Waals surface area contributed by atoms with E-state index in [-0.39, 0.29) is 18.3 Å². The Morgan fingerprint density at radius 3 is 2.57 bits per heavy atom. The van der Waals surface area contributed by atoms with Gasteiger partial charge in [0, 0.05) is 13.1 Å². The molecule has 0 saturated carbocycles. The zero-order chi connectivity index (χ0) is 16.5. The lowest BCUT2D eigenvalue weighted by Crippen LogP contribution is -2.36. The van der Waals surface area contributed by atoms with E-state index >= 15 is 0 Å². The van der Waals surface area contributed by atoms with Crippen LogP contribution in [0.3, 0.4) is 0 Å². The first-order valence-electron chi connectivity index (χ1n) is 7.66. The third-order valence-electron chi connectivity index (χ3n) is 3.29. The minimum absolute atomic E-state index is 0.226. The van der Waals surface area contributed by atoms with E-state index in [4.69, 9.17) is 4.74 Å². The van der Waals surface area contributed by atoms with Crippen molar-refractivity contribution in [1.29, 1.82) is 0 Å². The highest BCUT2D eigenvalue weighted by atomic mass is 19.1. The van der Waals surface area contributed by atoms with E-state index in [1.165, 1.54) is 11.6 Å². The average Bonchev–Trinajstić information content (AvgIpc) is 2.56. The van der Waals surface area contributed by atoms with Crippen molar-refractivity contribution in [3.63, 3.8) is 0 Å². The molecule has 4 nitrogen and oxygen atoms in total. The minimum atomic E-state index is -0.421. The summed E-state index contributed by atoms with van der Waals surface area (Å²) >= 11 is 0. The Labute approximate surface area is 135 Å². The molecule has 0 heterocycles. The van der Waals surface area contributed by atoms with Crippen LogP contribution in [-0.2, 0) is 13.0 Å². The first kappa shape index (κ1) is 16.8. The fraction of sp³-hybridized carbons (Fsp3) is 0.278. The molecule has 2 amide bonds. The molecule has 0 aliphatic rings. The van der Waals surface area contributed by atoms with Crippen molar-refractivity contribution in [2.45, 2.75) is 19.9 Å². The van der Waals surface area contributed by atoms with Crippen LogP contribution in [0.1, 0.15) is 18.1 Å². The first-order chi connectivity index (χ1) is 11.2. The highest BCUT2D eigenvalue weighted by Gasteiger charge is 2.05. The van der Waals surface area contributed by atoms with Crippen LogP contribution in [-0.4, -0.2) is 19.2 Å². The molecule has 0 spiro atoms. The molecular formula is C18H21FN2O2. The summed E-state index contributed by atoms with van der Waals surface area (Å²) in [5.74, 6) is -0.195. The molecule has 2 aromatic rings. The molecule has 0 radical (unpaired) electrons. The van der Waals surface area contributed by atoms with Crippen molar-refractivity contribution in [2.75, 3.05) is 13.2 Å². The van der Waals surface area contributed by atoms with Gasteiger partial charge in [0.05, 0.1) is 6.61 Å². The number of ether oxygens (including phenoxy) is 1. The number of hydrogen-bond acceptors (Lipinski definition) is 2. The van der Waals surface area contributed by atoms with Crippen molar-refractivity contribution in [2.24, 2.45) is 0 Å². The van der Waals surface area contributed by atoms with E-state index in [1.54, 1.807) is 19.1 Å². The summed E-state index contributed by atoms with van der Waals surface area (Å²) in [6.45, 7) is 3.03. The molecule has 2 rings (SSSR count). The standard InChI is InChI=1S/C18H21FN2O2/c1-2-23-17-9-8-15(12-16(17)19)13-21-18(22)20-11-10-14-6-4-3-5-7-14/h3-9,12H,2,10-11,13H2,1H3,(H2,20,21,22). The molecule has 122 valence electrons. The number of halogens is 1. The van der Waals surface area contributed by atoms with Crippen molar-refractivity contribution in [3.05, 3.63) is 65.5 Å². The summed E-state index contributed by atoms with van der Waals surface area (Å²) in [7, 11) is 0. The fourth-order valence-electron chi connectivity index (χ4n) is 2.14. The molecule has 0 saturated heterocycles. The van der Waals surface area contributed by atoms with Crippen LogP contribution in [0.5, 0.6) is 5.75 Å². The van der Waals surface area contributed by atoms with Gasteiger partial charge < -0.3 is 15.4 Å². The molecule has 0 aliphatic carbocycles. The topological polar surface area (TPSA) is 50.4 Å². The summed E-state index contributed by atoms with van der Waals surface area (Å²) in [6.07, 6.45) is 0.770. The van der Waals surface area contributed by atoms with Crippen LogP contribution < -0.4 is 15.4 Å². The predicted molar refractivity (Wildman–Crippen MR) is 88.0 cm³/mol. The Kier molecular flexibility index (Phi) is 6.41. The van der Waals surface area contributed by atoms with Gasteiger partial charge >= 0.3 is 6.03 Å². The van der Waals surface area contributed by atoms with Crippen molar-refractivity contribution < 1.29 is 13.9 Å². The van der Waals surface area contributed by atoms with Gasteiger partial charge in [-0.3, -0.25) is 0 Å². The first-order valence-corrected chi connectivity index (χ1v) is 7.66. The average molecular weight is 316 g/mol. The lowest BCUT2D eigenvalue weighted by molar-refractivity contribution is 0.240. The summed E-state index contributed by atoms with van der Waals surface area (Å²) in [6, 6.07) is 14.3. The van der Waals surface area contributed by atoms with Gasteiger partial charge in [-0.05, 0) is 36.6 Å². The molecule has 2 aromatic carbocycles. The van der Waals surface area contributed by atoms with Gasteiger partial charge in [-0.25, -0.2) is 9.18 Å². The van der Waals surface area contributed by atoms with Gasteiger partial charge in [-0.2, -0.15) is 0 Å². The summed E-state index contributed by atoms with van der Waals surface area (Å²) in [5, 5.41) is 5.49. The lowest BCUT2D eigenvalue weighted by atomic mass is 10.1. The third-order valence-corrected chi connectivity index (χ3v) is 3.29. The Balaban J connectivity index is 1.72. The highest BCUT2D eigenvalue weighted by Crippen LogP contribution is 2.18. The lowest BCUT2D eigenvalue weighted by Gasteiger charge is -2.09. The van der Waals surface area contributed by atoms with Crippen LogP contribution in [0.15, 0.2) is 48.5 Å². The van der Waals surface area contributed by atoms with Gasteiger partial charge in [0.1, 0.15) is 0 Å². The minimum Gasteiger partial charge on any atom is -0.491 e. The van der Waals surface area contributed by atoms with Crippen molar-refractivity contribution in [3.8, 4) is 5.75 Å². The van der Waals surface area contributed by atoms with E-state index in [1.807, 2.05) is 30.3 Å². The molecule has 2 N–H and O–H groups in total. The summed E-state index contributed by atoms with van der Waals surface area (Å²) < 4.78 is 18.8. The van der Waals surface area contributed by atoms with Gasteiger partial charge in [0.25, 0.3) is 0 Å². The monoisotopic (exact) mass is 316 g/mol. The largest absolute Gasteiger partial charge is 0.491 e. The number of urea groups is 1. The quantitative estimate of drug-likeness (QED) is 0.824. The zero-order valence-corrected chi connectivity index (χ0v) is 13.1. The van der Waals surface area contributed by atoms with Crippen LogP contribution >= 0.6 is 0 Å². The maximum atomic E-state index is 13.7. The van der Waals surface area contributed by atoms with Gasteiger partial charge in [0.15, 0.2) is 11.6 Å². The van der Waals surface area contributed by atoms with Gasteiger partial charge in [0.2, 0.25) is 0 Å². The maximum Gasteiger partial charge on any atom is 0.315 e. The summed E-state index contributed by atoms with van der Waals surface area (Å²) in [4.78, 5) is 11.7. The summed E-state index contributed by atoms with van der Waals surface area (Å²) in [5.41, 5.74) is 1.85. The number of amides is 2. The maximum absolute atomic E-state index is 13.7. The van der Waals surface area contributed by atoms with Crippen molar-refractivity contribution in [1.82, 2.24) is 10.6 Å². The number of rotatable bonds is 7. The molecule has 23 heavy (non-hydrogen) atoms. The number of nitrogens with one attached hydrogen (secondary N) is 2. The molecule has 0 unspecified atom stereocenters. The Morgan fingerprint density at radius 1 is 1.09 bits per heavy atom. The zero-order valence-electron chi connectivity index (χ0n) is 13.1. The number of hydrogen-bond donors (Lipinski definition) is 2.